The minimum atomic E-state index is -4.44. The summed E-state index contributed by atoms with van der Waals surface area (Å²) in [6.45, 7) is 0.954. The number of hydrogen-bond acceptors (Lipinski definition) is 3. The van der Waals surface area contributed by atoms with Crippen molar-refractivity contribution in [3.8, 4) is 5.88 Å². The van der Waals surface area contributed by atoms with E-state index in [2.05, 4.69) is 10.3 Å². The van der Waals surface area contributed by atoms with Crippen molar-refractivity contribution in [1.29, 1.82) is 0 Å². The van der Waals surface area contributed by atoms with E-state index >= 15 is 0 Å². The molecule has 0 saturated carbocycles. The van der Waals surface area contributed by atoms with Crippen LogP contribution in [0.4, 0.5) is 18.0 Å². The van der Waals surface area contributed by atoms with Crippen LogP contribution in [0.15, 0.2) is 18.3 Å². The fraction of sp³-hybridized carbons (Fsp3) is 0.500. The van der Waals surface area contributed by atoms with Gasteiger partial charge in [-0.2, -0.15) is 13.2 Å². The lowest BCUT2D eigenvalue weighted by Gasteiger charge is -2.38. The number of amides is 2. The Morgan fingerprint density at radius 2 is 2.24 bits per heavy atom. The maximum Gasteiger partial charge on any atom is 0.416 e. The predicted molar refractivity (Wildman–Crippen MR) is 69.3 cm³/mol. The number of pyridine rings is 1. The Morgan fingerprint density at radius 3 is 2.86 bits per heavy atom. The molecule has 2 amide bonds. The molecule has 2 rings (SSSR count). The smallest absolute Gasteiger partial charge is 0.416 e. The lowest BCUT2D eigenvalue weighted by Crippen LogP contribution is -2.59. The molecule has 9 heteroatoms. The van der Waals surface area contributed by atoms with Crippen LogP contribution in [0.1, 0.15) is 5.56 Å². The molecule has 0 atom stereocenters. The van der Waals surface area contributed by atoms with Gasteiger partial charge in [0, 0.05) is 24.7 Å². The molecule has 1 aliphatic rings. The highest BCUT2D eigenvalue weighted by molar-refractivity contribution is 6.18. The third-order valence-corrected chi connectivity index (χ3v) is 3.04. The van der Waals surface area contributed by atoms with E-state index in [1.165, 1.54) is 4.90 Å². The van der Waals surface area contributed by atoms with E-state index in [1.807, 2.05) is 0 Å². The van der Waals surface area contributed by atoms with Crippen LogP contribution >= 0.6 is 11.6 Å². The second kappa shape index (κ2) is 6.38. The summed E-state index contributed by atoms with van der Waals surface area (Å²) in [6, 6.07) is 1.45. The van der Waals surface area contributed by atoms with Gasteiger partial charge in [-0.1, -0.05) is 0 Å². The fourth-order valence-electron chi connectivity index (χ4n) is 1.77. The first-order valence-electron chi connectivity index (χ1n) is 6.19. The first kappa shape index (κ1) is 15.7. The number of aromatic nitrogens is 1. The van der Waals surface area contributed by atoms with Gasteiger partial charge in [0.15, 0.2) is 0 Å². The number of halogens is 4. The summed E-state index contributed by atoms with van der Waals surface area (Å²) in [6.07, 6.45) is -3.75. The summed E-state index contributed by atoms with van der Waals surface area (Å²) in [7, 11) is 0. The number of alkyl halides is 4. The Balaban J connectivity index is 1.84. The van der Waals surface area contributed by atoms with Crippen LogP contribution in [0.25, 0.3) is 0 Å². The van der Waals surface area contributed by atoms with E-state index in [1.54, 1.807) is 0 Å². The molecule has 1 aromatic heterocycles. The molecule has 5 nitrogen and oxygen atoms in total. The molecule has 1 fully saturated rings. The normalized spacial score (nSPS) is 15.5. The summed E-state index contributed by atoms with van der Waals surface area (Å²) >= 11 is 5.44. The minimum absolute atomic E-state index is 0.101. The van der Waals surface area contributed by atoms with Crippen LogP contribution in [-0.2, 0) is 6.18 Å². The third kappa shape index (κ3) is 4.13. The van der Waals surface area contributed by atoms with Crippen molar-refractivity contribution in [3.05, 3.63) is 23.9 Å². The molecule has 1 saturated heterocycles. The zero-order valence-corrected chi connectivity index (χ0v) is 11.6. The average molecular weight is 324 g/mol. The number of hydrogen-bond donors (Lipinski definition) is 1. The zero-order valence-electron chi connectivity index (χ0n) is 10.9. The maximum atomic E-state index is 12.5. The maximum absolute atomic E-state index is 12.5. The molecule has 1 aliphatic heterocycles. The van der Waals surface area contributed by atoms with Crippen molar-refractivity contribution < 1.29 is 22.7 Å². The van der Waals surface area contributed by atoms with Gasteiger partial charge in [0.25, 0.3) is 0 Å². The second-order valence-corrected chi connectivity index (χ2v) is 4.82. The molecule has 0 spiro atoms. The Bertz CT molecular complexity index is 507. The van der Waals surface area contributed by atoms with E-state index in [-0.39, 0.29) is 18.0 Å². The molecule has 1 aromatic rings. The number of carbonyl (C=O) groups excluding carboxylic acids is 1. The highest BCUT2D eigenvalue weighted by Crippen LogP contribution is 2.30. The van der Waals surface area contributed by atoms with Crippen LogP contribution in [0.2, 0.25) is 0 Å². The number of ether oxygens (including phenoxy) is 1. The lowest BCUT2D eigenvalue weighted by atomic mass is 10.2. The topological polar surface area (TPSA) is 54.5 Å². The van der Waals surface area contributed by atoms with Crippen molar-refractivity contribution in [2.45, 2.75) is 12.3 Å². The highest BCUT2D eigenvalue weighted by Gasteiger charge is 2.34. The number of nitrogens with one attached hydrogen (secondary N) is 1. The second-order valence-electron chi connectivity index (χ2n) is 4.45. The van der Waals surface area contributed by atoms with Gasteiger partial charge in [-0.15, -0.1) is 11.6 Å². The Labute approximate surface area is 124 Å². The van der Waals surface area contributed by atoms with E-state index in [4.69, 9.17) is 16.3 Å². The molecule has 1 N–H and O–H groups in total. The Kier molecular flexibility index (Phi) is 4.76. The number of urea groups is 1. The van der Waals surface area contributed by atoms with Crippen molar-refractivity contribution in [3.63, 3.8) is 0 Å². The monoisotopic (exact) mass is 323 g/mol. The summed E-state index contributed by atoms with van der Waals surface area (Å²) in [4.78, 5) is 16.7. The first-order valence-corrected chi connectivity index (χ1v) is 6.72. The average Bonchev–Trinajstić information content (AvgIpc) is 2.39. The van der Waals surface area contributed by atoms with Crippen molar-refractivity contribution in [2.24, 2.45) is 0 Å². The van der Waals surface area contributed by atoms with Crippen LogP contribution < -0.4 is 10.1 Å². The van der Waals surface area contributed by atoms with Crippen molar-refractivity contribution >= 4 is 17.6 Å². The standard InChI is InChI=1S/C12H13ClF3N3O2/c13-2-4-18-11(20)19-6-9(7-19)21-10-5-8(1-3-17-10)12(14,15)16/h1,3,5,9H,2,4,6-7H2,(H,18,20). The molecular weight excluding hydrogens is 311 g/mol. The summed E-state index contributed by atoms with van der Waals surface area (Å²) in [5, 5.41) is 2.58. The van der Waals surface area contributed by atoms with E-state index in [0.717, 1.165) is 18.3 Å². The van der Waals surface area contributed by atoms with E-state index in [9.17, 15) is 18.0 Å². The van der Waals surface area contributed by atoms with Crippen LogP contribution in [-0.4, -0.2) is 47.5 Å². The molecule has 21 heavy (non-hydrogen) atoms. The third-order valence-electron chi connectivity index (χ3n) is 2.86. The van der Waals surface area contributed by atoms with Crippen LogP contribution in [0, 0.1) is 0 Å². The van der Waals surface area contributed by atoms with Gasteiger partial charge in [-0.05, 0) is 6.07 Å². The van der Waals surface area contributed by atoms with Gasteiger partial charge in [0.05, 0.1) is 18.7 Å². The molecule has 2 heterocycles. The van der Waals surface area contributed by atoms with Crippen LogP contribution in [0.3, 0.4) is 0 Å². The van der Waals surface area contributed by atoms with E-state index < -0.39 is 11.7 Å². The van der Waals surface area contributed by atoms with Gasteiger partial charge in [0.1, 0.15) is 6.10 Å². The van der Waals surface area contributed by atoms with Gasteiger partial charge in [-0.25, -0.2) is 9.78 Å². The number of carbonyl (C=O) groups is 1. The summed E-state index contributed by atoms with van der Waals surface area (Å²) < 4.78 is 42.9. The Hall–Kier alpha value is -1.70. The molecule has 0 unspecified atom stereocenters. The van der Waals surface area contributed by atoms with Gasteiger partial charge in [0.2, 0.25) is 5.88 Å². The van der Waals surface area contributed by atoms with Gasteiger partial charge >= 0.3 is 12.2 Å². The number of rotatable bonds is 4. The van der Waals surface area contributed by atoms with Gasteiger partial charge in [-0.3, -0.25) is 0 Å². The zero-order chi connectivity index (χ0) is 15.5. The highest BCUT2D eigenvalue weighted by atomic mass is 35.5. The van der Waals surface area contributed by atoms with Crippen molar-refractivity contribution in [2.75, 3.05) is 25.5 Å². The molecule has 116 valence electrons. The molecule has 0 bridgehead atoms. The Morgan fingerprint density at radius 1 is 1.52 bits per heavy atom. The van der Waals surface area contributed by atoms with E-state index in [0.29, 0.717) is 25.5 Å². The minimum Gasteiger partial charge on any atom is -0.471 e. The first-order chi connectivity index (χ1) is 9.90. The predicted octanol–water partition coefficient (Wildman–Crippen LogP) is 2.11. The lowest BCUT2D eigenvalue weighted by molar-refractivity contribution is -0.137. The fourth-order valence-corrected chi connectivity index (χ4v) is 1.86. The number of nitrogens with zero attached hydrogens (tertiary/aromatic N) is 2. The largest absolute Gasteiger partial charge is 0.471 e. The van der Waals surface area contributed by atoms with Crippen LogP contribution in [0.5, 0.6) is 5.88 Å². The molecular formula is C12H13ClF3N3O2. The summed E-state index contributed by atoms with van der Waals surface area (Å²) in [5.41, 5.74) is -0.816. The molecule has 0 aliphatic carbocycles. The quantitative estimate of drug-likeness (QED) is 0.864. The summed E-state index contributed by atoms with van der Waals surface area (Å²) in [5.74, 6) is 0.212. The SMILES string of the molecule is O=C(NCCCl)N1CC(Oc2cc(C(F)(F)F)ccn2)C1. The molecule has 0 aromatic carbocycles. The van der Waals surface area contributed by atoms with Crippen molar-refractivity contribution in [1.82, 2.24) is 15.2 Å². The number of likely N-dealkylation sites (tertiary alicyclic amines) is 1. The van der Waals surface area contributed by atoms with Gasteiger partial charge < -0.3 is 15.0 Å². The molecule has 0 radical (unpaired) electrons.